The van der Waals surface area contributed by atoms with Crippen LogP contribution in [0.1, 0.15) is 0 Å². The zero-order valence-corrected chi connectivity index (χ0v) is 15.5. The molecule has 1 heterocycles. The quantitative estimate of drug-likeness (QED) is 0.305. The molecule has 0 fully saturated rings. The summed E-state index contributed by atoms with van der Waals surface area (Å²) in [5, 5.41) is 4.84. The second-order valence-corrected chi connectivity index (χ2v) is 4.91. The standard InChI is InChI=1S/C11H6BrS.3ClH.Zr/c12-9-1-2-10-8(6-9)5-7-3-4-13-11(7)10;;;;/h1-6H;3*1H;/q-1;;;;+4/p-3. The van der Waals surface area contributed by atoms with E-state index in [1.54, 1.807) is 0 Å². The zero-order valence-electron chi connectivity index (χ0n) is 8.38. The molecule has 0 saturated heterocycles. The first kappa shape index (κ1) is 20.3. The van der Waals surface area contributed by atoms with Crippen LogP contribution in [0.15, 0.2) is 40.2 Å². The van der Waals surface area contributed by atoms with Gasteiger partial charge in [0, 0.05) is 4.47 Å². The topological polar surface area (TPSA) is 0 Å². The Hall–Kier alpha value is 1.02. The van der Waals surface area contributed by atoms with Crippen molar-refractivity contribution in [2.24, 2.45) is 0 Å². The van der Waals surface area contributed by atoms with Crippen molar-refractivity contribution >= 4 is 38.0 Å². The van der Waals surface area contributed by atoms with Crippen LogP contribution in [-0.4, -0.2) is 0 Å². The molecule has 6 heteroatoms. The molecule has 0 saturated carbocycles. The maximum Gasteiger partial charge on any atom is 4.00 e. The van der Waals surface area contributed by atoms with Gasteiger partial charge in [0.1, 0.15) is 0 Å². The minimum Gasteiger partial charge on any atom is -1.00 e. The molecule has 0 atom stereocenters. The van der Waals surface area contributed by atoms with Gasteiger partial charge in [0.15, 0.2) is 0 Å². The Labute approximate surface area is 150 Å². The third-order valence-electron chi connectivity index (χ3n) is 2.26. The number of hydrogen-bond acceptors (Lipinski definition) is 1. The number of hydrogen-bond donors (Lipinski definition) is 0. The van der Waals surface area contributed by atoms with Crippen LogP contribution >= 0.6 is 27.3 Å². The van der Waals surface area contributed by atoms with Gasteiger partial charge < -0.3 is 37.2 Å². The maximum atomic E-state index is 3.48. The molecule has 1 aromatic carbocycles. The molecular formula is C11H6BrCl3SZr. The Morgan fingerprint density at radius 1 is 1.06 bits per heavy atom. The first-order valence-corrected chi connectivity index (χ1v) is 5.74. The van der Waals surface area contributed by atoms with Crippen LogP contribution in [-0.2, 0) is 26.2 Å². The number of rotatable bonds is 0. The zero-order chi connectivity index (χ0) is 8.84. The van der Waals surface area contributed by atoms with Crippen LogP contribution in [0.4, 0.5) is 0 Å². The molecule has 0 amide bonds. The average molecular weight is 448 g/mol. The Bertz CT molecular complexity index is 549. The van der Waals surface area contributed by atoms with E-state index in [9.17, 15) is 0 Å². The Morgan fingerprint density at radius 2 is 1.76 bits per heavy atom. The van der Waals surface area contributed by atoms with E-state index in [-0.39, 0.29) is 63.4 Å². The molecule has 3 rings (SSSR count). The molecular weight excluding hydrogens is 442 g/mol. The molecule has 0 unspecified atom stereocenters. The van der Waals surface area contributed by atoms with E-state index in [2.05, 4.69) is 51.6 Å². The van der Waals surface area contributed by atoms with Crippen LogP contribution in [0.3, 0.4) is 0 Å². The van der Waals surface area contributed by atoms with Gasteiger partial charge in [0.25, 0.3) is 0 Å². The maximum absolute atomic E-state index is 3.48. The first-order chi connectivity index (χ1) is 6.34. The van der Waals surface area contributed by atoms with Crippen molar-refractivity contribution in [3.05, 3.63) is 40.2 Å². The van der Waals surface area contributed by atoms with Crippen molar-refractivity contribution < 1.29 is 63.4 Å². The van der Waals surface area contributed by atoms with Gasteiger partial charge in [-0.25, -0.2) is 0 Å². The second kappa shape index (κ2) is 8.25. The Morgan fingerprint density at radius 3 is 2.47 bits per heavy atom. The smallest absolute Gasteiger partial charge is 1.00 e. The number of benzene rings is 1. The third kappa shape index (κ3) is 3.75. The fraction of sp³-hybridized carbons (Fsp3) is 0. The van der Waals surface area contributed by atoms with Gasteiger partial charge in [-0.1, -0.05) is 27.4 Å². The van der Waals surface area contributed by atoms with Crippen LogP contribution in [0.2, 0.25) is 0 Å². The van der Waals surface area contributed by atoms with Crippen molar-refractivity contribution in [3.63, 3.8) is 0 Å². The molecule has 1 aliphatic carbocycles. The van der Waals surface area contributed by atoms with Gasteiger partial charge in [-0.15, -0.1) is 16.3 Å². The van der Waals surface area contributed by atoms with Crippen molar-refractivity contribution in [1.29, 1.82) is 0 Å². The van der Waals surface area contributed by atoms with E-state index in [4.69, 9.17) is 0 Å². The van der Waals surface area contributed by atoms with Gasteiger partial charge in [-0.3, -0.25) is 11.3 Å². The van der Waals surface area contributed by atoms with Gasteiger partial charge in [0.05, 0.1) is 0 Å². The molecule has 0 nitrogen and oxygen atoms in total. The second-order valence-electron chi connectivity index (χ2n) is 3.08. The fourth-order valence-corrected chi connectivity index (χ4v) is 2.98. The van der Waals surface area contributed by atoms with Crippen molar-refractivity contribution in [1.82, 2.24) is 0 Å². The van der Waals surface area contributed by atoms with Gasteiger partial charge >= 0.3 is 26.2 Å². The summed E-state index contributed by atoms with van der Waals surface area (Å²) in [6, 6.07) is 10.9. The molecule has 88 valence electrons. The molecule has 17 heavy (non-hydrogen) atoms. The normalized spacial score (nSPS) is 8.76. The molecule has 0 bridgehead atoms. The molecule has 0 radical (unpaired) electrons. The van der Waals surface area contributed by atoms with Gasteiger partial charge in [-0.2, -0.15) is 11.6 Å². The Kier molecular flexibility index (Phi) is 9.87. The third-order valence-corrected chi connectivity index (χ3v) is 3.72. The minimum absolute atomic E-state index is 0. The van der Waals surface area contributed by atoms with Crippen LogP contribution in [0.25, 0.3) is 21.2 Å². The summed E-state index contributed by atoms with van der Waals surface area (Å²) in [6.07, 6.45) is 0. The molecule has 0 spiro atoms. The summed E-state index contributed by atoms with van der Waals surface area (Å²) in [5.74, 6) is 0. The predicted octanol–water partition coefficient (Wildman–Crippen LogP) is -4.50. The van der Waals surface area contributed by atoms with Crippen molar-refractivity contribution in [2.45, 2.75) is 0 Å². The monoisotopic (exact) mass is 444 g/mol. The van der Waals surface area contributed by atoms with Gasteiger partial charge in [0.2, 0.25) is 0 Å². The summed E-state index contributed by atoms with van der Waals surface area (Å²) in [7, 11) is 0. The molecule has 1 aliphatic heterocycles. The largest absolute Gasteiger partial charge is 4.00 e. The molecule has 0 aromatic heterocycles. The van der Waals surface area contributed by atoms with Crippen LogP contribution in [0, 0.1) is 0 Å². The van der Waals surface area contributed by atoms with E-state index in [0.29, 0.717) is 0 Å². The molecule has 0 N–H and O–H groups in total. The van der Waals surface area contributed by atoms with Crippen molar-refractivity contribution in [3.8, 4) is 10.4 Å². The van der Waals surface area contributed by atoms with E-state index in [1.165, 1.54) is 21.2 Å². The van der Waals surface area contributed by atoms with E-state index >= 15 is 0 Å². The van der Waals surface area contributed by atoms with E-state index in [1.807, 2.05) is 11.3 Å². The van der Waals surface area contributed by atoms with Gasteiger partial charge in [-0.05, 0) is 17.5 Å². The number of thiophene rings is 1. The van der Waals surface area contributed by atoms with E-state index in [0.717, 1.165) is 4.47 Å². The minimum atomic E-state index is 0. The summed E-state index contributed by atoms with van der Waals surface area (Å²) >= 11 is 5.30. The van der Waals surface area contributed by atoms with E-state index < -0.39 is 0 Å². The van der Waals surface area contributed by atoms with Crippen LogP contribution < -0.4 is 37.2 Å². The average Bonchev–Trinajstić information content (AvgIpc) is 2.62. The summed E-state index contributed by atoms with van der Waals surface area (Å²) < 4.78 is 1.15. The summed E-state index contributed by atoms with van der Waals surface area (Å²) in [5.41, 5.74) is 1.36. The molecule has 2 aliphatic rings. The summed E-state index contributed by atoms with van der Waals surface area (Å²) in [4.78, 5) is 1.41. The Balaban J connectivity index is 0. The number of fused-ring (bicyclic) bond motifs is 3. The summed E-state index contributed by atoms with van der Waals surface area (Å²) in [6.45, 7) is 0. The predicted molar refractivity (Wildman–Crippen MR) is 61.7 cm³/mol. The first-order valence-electron chi connectivity index (χ1n) is 4.07. The SMILES string of the molecule is Brc1ccc2c3s[cH-]cc-3cc2c1.[Cl-].[Cl-].[Cl-].[Zr+4]. The fourth-order valence-electron chi connectivity index (χ4n) is 1.68. The van der Waals surface area contributed by atoms with Crippen LogP contribution in [0.5, 0.6) is 0 Å². The number of halogens is 4. The van der Waals surface area contributed by atoms with Crippen molar-refractivity contribution in [2.75, 3.05) is 0 Å². The molecule has 1 aromatic rings.